The summed E-state index contributed by atoms with van der Waals surface area (Å²) in [7, 11) is -3.35. The molecule has 1 N–H and O–H groups in total. The second-order valence-corrected chi connectivity index (χ2v) is 7.03. The molecule has 1 saturated heterocycles. The lowest BCUT2D eigenvalue weighted by molar-refractivity contribution is 0.310. The first-order valence-electron chi connectivity index (χ1n) is 5.49. The Balaban J connectivity index is 0.00000162. The maximum absolute atomic E-state index is 12.4. The monoisotopic (exact) mass is 354 g/mol. The fourth-order valence-corrected chi connectivity index (χ4v) is 4.02. The van der Waals surface area contributed by atoms with E-state index in [1.807, 2.05) is 13.0 Å². The summed E-state index contributed by atoms with van der Waals surface area (Å²) in [4.78, 5) is 0.348. The lowest BCUT2D eigenvalue weighted by Gasteiger charge is -2.31. The van der Waals surface area contributed by atoms with E-state index in [1.165, 1.54) is 4.31 Å². The Morgan fingerprint density at radius 3 is 2.78 bits per heavy atom. The van der Waals surface area contributed by atoms with Crippen LogP contribution in [-0.2, 0) is 10.0 Å². The van der Waals surface area contributed by atoms with Gasteiger partial charge in [-0.15, -0.1) is 12.4 Å². The molecule has 7 heteroatoms. The Morgan fingerprint density at radius 1 is 1.44 bits per heavy atom. The third-order valence-electron chi connectivity index (χ3n) is 2.77. The van der Waals surface area contributed by atoms with Crippen LogP contribution in [0.4, 0.5) is 0 Å². The first kappa shape index (κ1) is 15.9. The minimum absolute atomic E-state index is 0. The van der Waals surface area contributed by atoms with Crippen molar-refractivity contribution in [2.75, 3.05) is 19.6 Å². The first-order valence-corrected chi connectivity index (χ1v) is 7.72. The standard InChI is InChI=1S/C11H15BrN2O2S.ClH/c1-9-8-14(6-5-13-9)17(15,16)11-4-2-3-10(12)7-11;/h2-4,7,9,13H,5-6,8H2,1H3;1H. The molecule has 1 aliphatic rings. The van der Waals surface area contributed by atoms with Gasteiger partial charge < -0.3 is 5.32 Å². The van der Waals surface area contributed by atoms with Gasteiger partial charge in [0.15, 0.2) is 0 Å². The topological polar surface area (TPSA) is 49.4 Å². The smallest absolute Gasteiger partial charge is 0.243 e. The Kier molecular flexibility index (Phi) is 5.61. The van der Waals surface area contributed by atoms with Crippen molar-refractivity contribution in [1.29, 1.82) is 0 Å². The molecule has 1 unspecified atom stereocenters. The minimum atomic E-state index is -3.35. The van der Waals surface area contributed by atoms with Crippen LogP contribution in [0.1, 0.15) is 6.92 Å². The molecule has 1 aromatic carbocycles. The van der Waals surface area contributed by atoms with Crippen molar-refractivity contribution in [2.24, 2.45) is 0 Å². The Bertz CT molecular complexity index is 510. The summed E-state index contributed by atoms with van der Waals surface area (Å²) in [5.41, 5.74) is 0. The summed E-state index contributed by atoms with van der Waals surface area (Å²) in [6, 6.07) is 7.03. The van der Waals surface area contributed by atoms with Crippen LogP contribution in [0, 0.1) is 0 Å². The van der Waals surface area contributed by atoms with Crippen LogP contribution >= 0.6 is 28.3 Å². The zero-order chi connectivity index (χ0) is 12.5. The number of benzene rings is 1. The van der Waals surface area contributed by atoms with Crippen LogP contribution in [0.2, 0.25) is 0 Å². The molecule has 1 heterocycles. The van der Waals surface area contributed by atoms with E-state index in [4.69, 9.17) is 0 Å². The Hall–Kier alpha value is -0.140. The van der Waals surface area contributed by atoms with Crippen LogP contribution in [0.25, 0.3) is 0 Å². The highest BCUT2D eigenvalue weighted by atomic mass is 79.9. The average molecular weight is 356 g/mol. The lowest BCUT2D eigenvalue weighted by Crippen LogP contribution is -2.51. The lowest BCUT2D eigenvalue weighted by atomic mass is 10.3. The van der Waals surface area contributed by atoms with Gasteiger partial charge in [0.1, 0.15) is 0 Å². The highest BCUT2D eigenvalue weighted by Gasteiger charge is 2.28. The third kappa shape index (κ3) is 3.45. The van der Waals surface area contributed by atoms with E-state index in [0.717, 1.165) is 4.47 Å². The normalized spacial score (nSPS) is 21.3. The van der Waals surface area contributed by atoms with Gasteiger partial charge in [-0.2, -0.15) is 4.31 Å². The molecule has 0 amide bonds. The molecule has 1 aromatic rings. The second kappa shape index (κ2) is 6.34. The number of hydrogen-bond donors (Lipinski definition) is 1. The quantitative estimate of drug-likeness (QED) is 0.881. The molecule has 0 radical (unpaired) electrons. The van der Waals surface area contributed by atoms with Gasteiger partial charge in [-0.25, -0.2) is 8.42 Å². The van der Waals surface area contributed by atoms with Gasteiger partial charge in [0.05, 0.1) is 4.90 Å². The molecule has 0 bridgehead atoms. The Labute approximate surface area is 122 Å². The van der Waals surface area contributed by atoms with Crippen LogP contribution in [0.15, 0.2) is 33.6 Å². The van der Waals surface area contributed by atoms with Crippen molar-refractivity contribution >= 4 is 38.4 Å². The summed E-state index contributed by atoms with van der Waals surface area (Å²) < 4.78 is 27.0. The van der Waals surface area contributed by atoms with E-state index >= 15 is 0 Å². The van der Waals surface area contributed by atoms with Gasteiger partial charge in [0, 0.05) is 30.1 Å². The highest BCUT2D eigenvalue weighted by Crippen LogP contribution is 2.20. The van der Waals surface area contributed by atoms with E-state index in [1.54, 1.807) is 18.2 Å². The van der Waals surface area contributed by atoms with E-state index in [2.05, 4.69) is 21.2 Å². The average Bonchev–Trinajstić information content (AvgIpc) is 2.29. The zero-order valence-electron chi connectivity index (χ0n) is 9.97. The maximum atomic E-state index is 12.4. The van der Waals surface area contributed by atoms with Crippen LogP contribution < -0.4 is 5.32 Å². The van der Waals surface area contributed by atoms with Crippen molar-refractivity contribution in [3.63, 3.8) is 0 Å². The van der Waals surface area contributed by atoms with E-state index in [9.17, 15) is 8.42 Å². The van der Waals surface area contributed by atoms with Crippen LogP contribution in [0.3, 0.4) is 0 Å². The second-order valence-electron chi connectivity index (χ2n) is 4.18. The number of piperazine rings is 1. The molecule has 0 aromatic heterocycles. The van der Waals surface area contributed by atoms with E-state index in [0.29, 0.717) is 24.5 Å². The van der Waals surface area contributed by atoms with Crippen molar-refractivity contribution < 1.29 is 8.42 Å². The SMILES string of the molecule is CC1CN(S(=O)(=O)c2cccc(Br)c2)CCN1.Cl. The molecule has 1 fully saturated rings. The van der Waals surface area contributed by atoms with Crippen molar-refractivity contribution in [3.8, 4) is 0 Å². The molecule has 0 saturated carbocycles. The molecule has 1 aliphatic heterocycles. The number of sulfonamides is 1. The van der Waals surface area contributed by atoms with Crippen molar-refractivity contribution in [3.05, 3.63) is 28.7 Å². The van der Waals surface area contributed by atoms with Gasteiger partial charge in [-0.3, -0.25) is 0 Å². The summed E-state index contributed by atoms with van der Waals surface area (Å²) in [6.07, 6.45) is 0. The third-order valence-corrected chi connectivity index (χ3v) is 5.12. The zero-order valence-corrected chi connectivity index (χ0v) is 13.2. The molecular formula is C11H16BrClN2O2S. The van der Waals surface area contributed by atoms with Gasteiger partial charge in [-0.1, -0.05) is 22.0 Å². The van der Waals surface area contributed by atoms with E-state index < -0.39 is 10.0 Å². The highest BCUT2D eigenvalue weighted by molar-refractivity contribution is 9.10. The van der Waals surface area contributed by atoms with Gasteiger partial charge in [-0.05, 0) is 25.1 Å². The Morgan fingerprint density at radius 2 is 2.17 bits per heavy atom. The fourth-order valence-electron chi connectivity index (χ4n) is 1.89. The van der Waals surface area contributed by atoms with Crippen molar-refractivity contribution in [1.82, 2.24) is 9.62 Å². The molecule has 0 spiro atoms. The summed E-state index contributed by atoms with van der Waals surface area (Å²) in [5.74, 6) is 0. The number of rotatable bonds is 2. The van der Waals surface area contributed by atoms with Gasteiger partial charge >= 0.3 is 0 Å². The number of halogens is 2. The summed E-state index contributed by atoms with van der Waals surface area (Å²) in [5, 5.41) is 3.23. The van der Waals surface area contributed by atoms with Crippen LogP contribution in [0.5, 0.6) is 0 Å². The maximum Gasteiger partial charge on any atom is 0.243 e. The molecule has 2 rings (SSSR count). The summed E-state index contributed by atoms with van der Waals surface area (Å²) >= 11 is 3.30. The van der Waals surface area contributed by atoms with Gasteiger partial charge in [0.2, 0.25) is 10.0 Å². The van der Waals surface area contributed by atoms with E-state index in [-0.39, 0.29) is 18.4 Å². The van der Waals surface area contributed by atoms with Crippen LogP contribution in [-0.4, -0.2) is 38.4 Å². The molecular weight excluding hydrogens is 340 g/mol. The first-order chi connectivity index (χ1) is 8.00. The predicted molar refractivity (Wildman–Crippen MR) is 77.6 cm³/mol. The number of nitrogens with one attached hydrogen (secondary N) is 1. The number of nitrogens with zero attached hydrogens (tertiary/aromatic N) is 1. The summed E-state index contributed by atoms with van der Waals surface area (Å²) in [6.45, 7) is 3.74. The molecule has 18 heavy (non-hydrogen) atoms. The molecule has 102 valence electrons. The molecule has 0 aliphatic carbocycles. The minimum Gasteiger partial charge on any atom is -0.312 e. The molecule has 4 nitrogen and oxygen atoms in total. The molecule has 1 atom stereocenters. The van der Waals surface area contributed by atoms with Gasteiger partial charge in [0.25, 0.3) is 0 Å². The largest absolute Gasteiger partial charge is 0.312 e. The number of hydrogen-bond acceptors (Lipinski definition) is 3. The van der Waals surface area contributed by atoms with Crippen molar-refractivity contribution in [2.45, 2.75) is 17.9 Å². The fraction of sp³-hybridized carbons (Fsp3) is 0.455. The predicted octanol–water partition coefficient (Wildman–Crippen LogP) is 1.85.